The van der Waals surface area contributed by atoms with Crippen LogP contribution in [0.2, 0.25) is 5.02 Å². The van der Waals surface area contributed by atoms with Crippen molar-refractivity contribution in [3.63, 3.8) is 0 Å². The maximum absolute atomic E-state index is 12.7. The molecule has 0 spiro atoms. The Morgan fingerprint density at radius 3 is 2.54 bits per heavy atom. The molecule has 0 aliphatic carbocycles. The van der Waals surface area contributed by atoms with Crippen molar-refractivity contribution in [2.75, 3.05) is 26.7 Å². The molecule has 1 N–H and O–H groups in total. The first kappa shape index (κ1) is 18.7. The molecule has 0 atom stereocenters. The van der Waals surface area contributed by atoms with Crippen LogP contribution in [0.25, 0.3) is 0 Å². The Bertz CT molecular complexity index is 729. The third kappa shape index (κ3) is 4.25. The number of esters is 1. The van der Waals surface area contributed by atoms with Crippen molar-refractivity contribution in [1.29, 1.82) is 0 Å². The van der Waals surface area contributed by atoms with E-state index in [-0.39, 0.29) is 15.5 Å². The monoisotopic (exact) mass is 374 g/mol. The Morgan fingerprint density at radius 1 is 1.25 bits per heavy atom. The largest absolute Gasteiger partial charge is 0.452 e. The number of rotatable bonds is 5. The molecule has 1 aliphatic rings. The normalized spacial score (nSPS) is 15.8. The van der Waals surface area contributed by atoms with Gasteiger partial charge in [-0.1, -0.05) is 18.0 Å². The SMILES string of the molecule is CNC(=O)COC(=O)c1ccc(Cl)c(S(=O)(=O)N2CCCCC2)c1. The lowest BCUT2D eigenvalue weighted by atomic mass is 10.2. The van der Waals surface area contributed by atoms with Gasteiger partial charge in [-0.2, -0.15) is 4.31 Å². The van der Waals surface area contributed by atoms with Crippen LogP contribution in [0.5, 0.6) is 0 Å². The molecule has 9 heteroatoms. The summed E-state index contributed by atoms with van der Waals surface area (Å²) >= 11 is 6.03. The third-order valence-corrected chi connectivity index (χ3v) is 6.09. The van der Waals surface area contributed by atoms with Crippen LogP contribution in [0.4, 0.5) is 0 Å². The van der Waals surface area contributed by atoms with Gasteiger partial charge >= 0.3 is 5.97 Å². The number of ether oxygens (including phenoxy) is 1. The lowest BCUT2D eigenvalue weighted by molar-refractivity contribution is -0.123. The molecule has 0 radical (unpaired) electrons. The fourth-order valence-corrected chi connectivity index (χ4v) is 4.38. The molecule has 24 heavy (non-hydrogen) atoms. The first-order valence-electron chi connectivity index (χ1n) is 7.53. The lowest BCUT2D eigenvalue weighted by Gasteiger charge is -2.26. The van der Waals surface area contributed by atoms with E-state index < -0.39 is 28.5 Å². The molecule has 0 aromatic heterocycles. The molecule has 0 bridgehead atoms. The standard InChI is InChI=1S/C15H19ClN2O5S/c1-17-14(19)10-23-15(20)11-5-6-12(16)13(9-11)24(21,22)18-7-3-2-4-8-18/h5-6,9H,2-4,7-8,10H2,1H3,(H,17,19). The van der Waals surface area contributed by atoms with Gasteiger partial charge < -0.3 is 10.1 Å². The zero-order valence-corrected chi connectivity index (χ0v) is 14.8. The summed E-state index contributed by atoms with van der Waals surface area (Å²) in [5.74, 6) is -1.25. The number of piperidine rings is 1. The number of carbonyl (C=O) groups excluding carboxylic acids is 2. The number of nitrogens with zero attached hydrogens (tertiary/aromatic N) is 1. The third-order valence-electron chi connectivity index (χ3n) is 3.71. The van der Waals surface area contributed by atoms with E-state index in [4.69, 9.17) is 16.3 Å². The molecular weight excluding hydrogens is 356 g/mol. The van der Waals surface area contributed by atoms with Crippen molar-refractivity contribution < 1.29 is 22.7 Å². The first-order valence-corrected chi connectivity index (χ1v) is 9.35. The second kappa shape index (κ2) is 7.96. The molecule has 0 saturated carbocycles. The van der Waals surface area contributed by atoms with E-state index in [1.807, 2.05) is 0 Å². The van der Waals surface area contributed by atoms with Gasteiger partial charge in [0, 0.05) is 20.1 Å². The first-order chi connectivity index (χ1) is 11.4. The maximum atomic E-state index is 12.7. The van der Waals surface area contributed by atoms with Gasteiger partial charge in [0.1, 0.15) is 4.90 Å². The van der Waals surface area contributed by atoms with Crippen molar-refractivity contribution in [1.82, 2.24) is 9.62 Å². The van der Waals surface area contributed by atoms with E-state index in [2.05, 4.69) is 5.32 Å². The van der Waals surface area contributed by atoms with Crippen molar-refractivity contribution in [3.05, 3.63) is 28.8 Å². The van der Waals surface area contributed by atoms with Gasteiger partial charge in [0.15, 0.2) is 6.61 Å². The summed E-state index contributed by atoms with van der Waals surface area (Å²) in [4.78, 5) is 23.0. The predicted octanol–water partition coefficient (Wildman–Crippen LogP) is 1.42. The van der Waals surface area contributed by atoms with Gasteiger partial charge in [-0.25, -0.2) is 13.2 Å². The highest BCUT2D eigenvalue weighted by atomic mass is 35.5. The molecule has 1 aromatic rings. The Hall–Kier alpha value is -1.64. The molecule has 1 fully saturated rings. The van der Waals surface area contributed by atoms with E-state index >= 15 is 0 Å². The average Bonchev–Trinajstić information content (AvgIpc) is 2.60. The minimum atomic E-state index is -3.77. The van der Waals surface area contributed by atoms with Crippen LogP contribution >= 0.6 is 11.6 Å². The smallest absolute Gasteiger partial charge is 0.338 e. The quantitative estimate of drug-likeness (QED) is 0.787. The zero-order valence-electron chi connectivity index (χ0n) is 13.2. The number of benzene rings is 1. The van der Waals surface area contributed by atoms with E-state index in [0.29, 0.717) is 13.1 Å². The van der Waals surface area contributed by atoms with Gasteiger partial charge in [0.25, 0.3) is 5.91 Å². The number of carbonyl (C=O) groups is 2. The van der Waals surface area contributed by atoms with Crippen molar-refractivity contribution in [2.45, 2.75) is 24.2 Å². The molecule has 1 aliphatic heterocycles. The van der Waals surface area contributed by atoms with Gasteiger partial charge in [0.2, 0.25) is 10.0 Å². The van der Waals surface area contributed by atoms with Crippen molar-refractivity contribution in [2.24, 2.45) is 0 Å². The van der Waals surface area contributed by atoms with E-state index in [1.54, 1.807) is 0 Å². The molecule has 132 valence electrons. The molecule has 0 unspecified atom stereocenters. The lowest BCUT2D eigenvalue weighted by Crippen LogP contribution is -2.35. The highest BCUT2D eigenvalue weighted by Crippen LogP contribution is 2.28. The summed E-state index contributed by atoms with van der Waals surface area (Å²) in [5, 5.41) is 2.36. The number of hydrogen-bond acceptors (Lipinski definition) is 5. The summed E-state index contributed by atoms with van der Waals surface area (Å²) in [7, 11) is -2.35. The summed E-state index contributed by atoms with van der Waals surface area (Å²) < 4.78 is 31.6. The van der Waals surface area contributed by atoms with Gasteiger partial charge in [0.05, 0.1) is 10.6 Å². The fourth-order valence-electron chi connectivity index (χ4n) is 2.36. The van der Waals surface area contributed by atoms with Gasteiger partial charge in [-0.15, -0.1) is 0 Å². The predicted molar refractivity (Wildman–Crippen MR) is 88.4 cm³/mol. The van der Waals surface area contributed by atoms with Crippen LogP contribution in [0.3, 0.4) is 0 Å². The average molecular weight is 375 g/mol. The van der Waals surface area contributed by atoms with Crippen LogP contribution in [0, 0.1) is 0 Å². The van der Waals surface area contributed by atoms with Crippen LogP contribution in [-0.2, 0) is 19.6 Å². The van der Waals surface area contributed by atoms with Crippen LogP contribution in [-0.4, -0.2) is 51.3 Å². The van der Waals surface area contributed by atoms with Crippen LogP contribution in [0.15, 0.2) is 23.1 Å². The molecule has 1 saturated heterocycles. The molecule has 1 amide bonds. The highest BCUT2D eigenvalue weighted by Gasteiger charge is 2.29. The second-order valence-corrected chi connectivity index (χ2v) is 7.67. The summed E-state index contributed by atoms with van der Waals surface area (Å²) in [6.45, 7) is 0.431. The number of amides is 1. The Morgan fingerprint density at radius 2 is 1.92 bits per heavy atom. The highest BCUT2D eigenvalue weighted by molar-refractivity contribution is 7.89. The molecule has 1 aromatic carbocycles. The molecule has 1 heterocycles. The van der Waals surface area contributed by atoms with Crippen molar-refractivity contribution >= 4 is 33.5 Å². The summed E-state index contributed by atoms with van der Waals surface area (Å²) in [5.41, 5.74) is 0.0267. The Kier molecular flexibility index (Phi) is 6.20. The molecule has 2 rings (SSSR count). The minimum absolute atomic E-state index is 0.0267. The number of hydrogen-bond donors (Lipinski definition) is 1. The summed E-state index contributed by atoms with van der Waals surface area (Å²) in [6.07, 6.45) is 2.58. The minimum Gasteiger partial charge on any atom is -0.452 e. The summed E-state index contributed by atoms with van der Waals surface area (Å²) in [6, 6.07) is 3.90. The Balaban J connectivity index is 2.24. The number of likely N-dealkylation sites (N-methyl/N-ethyl adjacent to an activating group) is 1. The van der Waals surface area contributed by atoms with E-state index in [1.165, 1.54) is 29.6 Å². The number of halogens is 1. The molecule has 7 nitrogen and oxygen atoms in total. The van der Waals surface area contributed by atoms with Gasteiger partial charge in [-0.3, -0.25) is 4.79 Å². The van der Waals surface area contributed by atoms with E-state index in [9.17, 15) is 18.0 Å². The second-order valence-electron chi connectivity index (χ2n) is 5.36. The number of sulfonamides is 1. The van der Waals surface area contributed by atoms with E-state index in [0.717, 1.165) is 19.3 Å². The number of nitrogens with one attached hydrogen (secondary N) is 1. The van der Waals surface area contributed by atoms with Crippen LogP contribution < -0.4 is 5.32 Å². The molecular formula is C15H19ClN2O5S. The zero-order chi connectivity index (χ0) is 17.7. The maximum Gasteiger partial charge on any atom is 0.338 e. The Labute approximate surface area is 146 Å². The van der Waals surface area contributed by atoms with Crippen LogP contribution in [0.1, 0.15) is 29.6 Å². The van der Waals surface area contributed by atoms with Crippen molar-refractivity contribution in [3.8, 4) is 0 Å². The fraction of sp³-hybridized carbons (Fsp3) is 0.467. The van der Waals surface area contributed by atoms with Gasteiger partial charge in [-0.05, 0) is 31.0 Å². The topological polar surface area (TPSA) is 92.8 Å².